The highest BCUT2D eigenvalue weighted by atomic mass is 32.2. The van der Waals surface area contributed by atoms with Crippen molar-refractivity contribution in [1.29, 1.82) is 0 Å². The van der Waals surface area contributed by atoms with Crippen molar-refractivity contribution in [1.82, 2.24) is 5.32 Å². The molecule has 27 heavy (non-hydrogen) atoms. The van der Waals surface area contributed by atoms with Crippen molar-refractivity contribution in [3.05, 3.63) is 83.2 Å². The Bertz CT molecular complexity index is 727. The molecule has 0 aromatic heterocycles. The Morgan fingerprint density at radius 2 is 1.67 bits per heavy atom. The molecule has 0 aliphatic heterocycles. The van der Waals surface area contributed by atoms with E-state index >= 15 is 0 Å². The maximum absolute atomic E-state index is 7.77. The van der Waals surface area contributed by atoms with Crippen LogP contribution in [0.4, 0.5) is 0 Å². The van der Waals surface area contributed by atoms with Crippen molar-refractivity contribution >= 4 is 20.1 Å². The van der Waals surface area contributed by atoms with E-state index in [9.17, 15) is 0 Å². The first-order valence-corrected chi connectivity index (χ1v) is 13.8. The van der Waals surface area contributed by atoms with E-state index in [0.717, 1.165) is 11.5 Å². The molecule has 144 valence electrons. The molecular weight excluding hydrogens is 368 g/mol. The van der Waals surface area contributed by atoms with Gasteiger partial charge in [0.05, 0.1) is 18.4 Å². The van der Waals surface area contributed by atoms with Crippen molar-refractivity contribution in [3.8, 4) is 0 Å². The van der Waals surface area contributed by atoms with Gasteiger partial charge in [0.2, 0.25) is 0 Å². The van der Waals surface area contributed by atoms with Crippen LogP contribution in [0.3, 0.4) is 0 Å². The summed E-state index contributed by atoms with van der Waals surface area (Å²) in [4.78, 5) is 3.93. The van der Waals surface area contributed by atoms with Crippen LogP contribution in [0.2, 0.25) is 19.6 Å². The van der Waals surface area contributed by atoms with Gasteiger partial charge in [-0.25, -0.2) is 11.9 Å². The molecule has 0 saturated carbocycles. The average molecular weight is 399 g/mol. The van der Waals surface area contributed by atoms with Crippen molar-refractivity contribution in [2.24, 2.45) is 0 Å². The van der Waals surface area contributed by atoms with Crippen LogP contribution in [0.15, 0.2) is 60.7 Å². The number of thioether (sulfide) groups is 1. The topological polar surface area (TPSA) is 25.6 Å². The zero-order chi connectivity index (χ0) is 19.8. The lowest BCUT2D eigenvalue weighted by Crippen LogP contribution is -2.46. The molecule has 0 heterocycles. The molecule has 1 N–H and O–H groups in total. The van der Waals surface area contributed by atoms with Crippen LogP contribution in [0, 0.1) is 6.57 Å². The fourth-order valence-electron chi connectivity index (χ4n) is 2.66. The molecule has 0 aliphatic rings. The summed E-state index contributed by atoms with van der Waals surface area (Å²) in [5.41, 5.74) is 1.82. The molecule has 0 fully saturated rings. The van der Waals surface area contributed by atoms with Gasteiger partial charge < -0.3 is 4.43 Å². The first kappa shape index (κ1) is 21.7. The smallest absolute Gasteiger partial charge is 0.292 e. The molecule has 2 atom stereocenters. The first-order valence-electron chi connectivity index (χ1n) is 9.28. The molecule has 2 rings (SSSR count). The second-order valence-corrected chi connectivity index (χ2v) is 13.4. The third-order valence-corrected chi connectivity index (χ3v) is 6.45. The van der Waals surface area contributed by atoms with Gasteiger partial charge in [-0.3, -0.25) is 4.85 Å². The summed E-state index contributed by atoms with van der Waals surface area (Å²) in [7, 11) is -1.63. The van der Waals surface area contributed by atoms with Crippen molar-refractivity contribution in [3.63, 3.8) is 0 Å². The molecule has 0 aliphatic carbocycles. The molecule has 0 spiro atoms. The Hall–Kier alpha value is -1.58. The quantitative estimate of drug-likeness (QED) is 0.408. The van der Waals surface area contributed by atoms with Crippen LogP contribution in [-0.4, -0.2) is 26.3 Å². The van der Waals surface area contributed by atoms with Crippen LogP contribution in [0.1, 0.15) is 24.1 Å². The van der Waals surface area contributed by atoms with Gasteiger partial charge in [-0.05, 0) is 30.8 Å². The number of nitrogens with one attached hydrogen (secondary N) is 1. The molecule has 2 aromatic rings. The highest BCUT2D eigenvalue weighted by Crippen LogP contribution is 2.24. The molecule has 0 amide bonds. The second kappa shape index (κ2) is 10.1. The predicted molar refractivity (Wildman–Crippen MR) is 119 cm³/mol. The first-order chi connectivity index (χ1) is 12.8. The van der Waals surface area contributed by atoms with Gasteiger partial charge in [-0.15, -0.1) is 11.8 Å². The Kier molecular flexibility index (Phi) is 8.12. The zero-order valence-corrected chi connectivity index (χ0v) is 18.6. The number of hydrogen-bond acceptors (Lipinski definition) is 3. The monoisotopic (exact) mass is 398 g/mol. The number of benzene rings is 2. The minimum Gasteiger partial charge on any atom is -0.416 e. The van der Waals surface area contributed by atoms with Gasteiger partial charge in [0.25, 0.3) is 5.66 Å². The summed E-state index contributed by atoms with van der Waals surface area (Å²) in [6.45, 7) is 16.9. The van der Waals surface area contributed by atoms with Crippen molar-refractivity contribution in [2.75, 3.05) is 12.4 Å². The predicted octanol–water partition coefficient (Wildman–Crippen LogP) is 5.74. The average Bonchev–Trinajstić information content (AvgIpc) is 2.66. The zero-order valence-electron chi connectivity index (χ0n) is 16.7. The highest BCUT2D eigenvalue weighted by molar-refractivity contribution is 7.98. The molecule has 0 radical (unpaired) electrons. The summed E-state index contributed by atoms with van der Waals surface area (Å²) >= 11 is 1.79. The van der Waals surface area contributed by atoms with Crippen LogP contribution in [-0.2, 0) is 10.2 Å². The van der Waals surface area contributed by atoms with E-state index in [1.54, 1.807) is 11.8 Å². The molecular formula is C22H30N2OSSi. The van der Waals surface area contributed by atoms with E-state index in [4.69, 9.17) is 11.0 Å². The molecule has 5 heteroatoms. The lowest BCUT2D eigenvalue weighted by atomic mass is 10.1. The minimum atomic E-state index is -1.63. The minimum absolute atomic E-state index is 0.00866. The highest BCUT2D eigenvalue weighted by Gasteiger charge is 2.34. The largest absolute Gasteiger partial charge is 0.416 e. The molecule has 0 saturated heterocycles. The summed E-state index contributed by atoms with van der Waals surface area (Å²) in [6.07, 6.45) is 0. The van der Waals surface area contributed by atoms with E-state index in [-0.39, 0.29) is 6.04 Å². The van der Waals surface area contributed by atoms with E-state index in [1.807, 2.05) is 31.2 Å². The SMILES string of the molecule is [C-]#[N+][C@](C)(CSCc1ccccc1)N[C@@H](CO[Si](C)(C)C)c1ccccc1. The van der Waals surface area contributed by atoms with E-state index in [0.29, 0.717) is 6.61 Å². The van der Waals surface area contributed by atoms with Gasteiger partial charge in [-0.2, -0.15) is 0 Å². The van der Waals surface area contributed by atoms with E-state index in [2.05, 4.69) is 66.2 Å². The number of rotatable bonds is 10. The van der Waals surface area contributed by atoms with E-state index in [1.165, 1.54) is 11.1 Å². The standard InChI is InChI=1S/C22H30N2OSSi/c1-22(23-2,18-26-17-19-12-8-6-9-13-19)24-21(16-25-27(3,4)5)20-14-10-7-11-15-20/h6-15,21,24H,16-18H2,1,3-5H3/t21-,22-/m0/s1. The van der Waals surface area contributed by atoms with Crippen LogP contribution >= 0.6 is 11.8 Å². The van der Waals surface area contributed by atoms with Crippen LogP contribution in [0.25, 0.3) is 4.85 Å². The number of hydrogen-bond donors (Lipinski definition) is 1. The lowest BCUT2D eigenvalue weighted by molar-refractivity contribution is 0.239. The fourth-order valence-corrected chi connectivity index (χ4v) is 4.41. The van der Waals surface area contributed by atoms with Gasteiger partial charge in [-0.1, -0.05) is 60.7 Å². The summed E-state index contributed by atoms with van der Waals surface area (Å²) < 4.78 is 6.18. The van der Waals surface area contributed by atoms with Gasteiger partial charge >= 0.3 is 0 Å². The third kappa shape index (κ3) is 7.90. The van der Waals surface area contributed by atoms with Crippen LogP contribution in [0.5, 0.6) is 0 Å². The molecule has 2 aromatic carbocycles. The van der Waals surface area contributed by atoms with Crippen molar-refractivity contribution in [2.45, 2.75) is 44.0 Å². The van der Waals surface area contributed by atoms with Gasteiger partial charge in [0.15, 0.2) is 8.32 Å². The van der Waals surface area contributed by atoms with Gasteiger partial charge in [0, 0.05) is 12.7 Å². The third-order valence-electron chi connectivity index (χ3n) is 4.11. The summed E-state index contributed by atoms with van der Waals surface area (Å²) in [5, 5.41) is 3.58. The summed E-state index contributed by atoms with van der Waals surface area (Å²) in [5.74, 6) is 1.64. The maximum atomic E-state index is 7.77. The fraction of sp³-hybridized carbons (Fsp3) is 0.409. The number of nitrogens with zero attached hydrogens (tertiary/aromatic N) is 1. The van der Waals surface area contributed by atoms with Crippen LogP contribution < -0.4 is 5.32 Å². The van der Waals surface area contributed by atoms with Crippen molar-refractivity contribution < 1.29 is 4.43 Å². The van der Waals surface area contributed by atoms with Gasteiger partial charge in [0.1, 0.15) is 0 Å². The Morgan fingerprint density at radius 3 is 2.22 bits per heavy atom. The normalized spacial score (nSPS) is 14.9. The Labute approximate surface area is 169 Å². The maximum Gasteiger partial charge on any atom is 0.292 e. The molecule has 0 bridgehead atoms. The molecule has 0 unspecified atom stereocenters. The lowest BCUT2D eigenvalue weighted by Gasteiger charge is -2.28. The van der Waals surface area contributed by atoms with E-state index < -0.39 is 14.0 Å². The second-order valence-electron chi connectivity index (χ2n) is 7.90. The molecule has 3 nitrogen and oxygen atoms in total. The Morgan fingerprint density at radius 1 is 1.07 bits per heavy atom. The summed E-state index contributed by atoms with van der Waals surface area (Å²) in [6, 6.07) is 20.7. The Balaban J connectivity index is 2.03.